The van der Waals surface area contributed by atoms with Crippen LogP contribution in [-0.4, -0.2) is 24.4 Å². The standard InChI is InChI=1S/C15H10ClN5O/c1-9-18-14-13-10(6-7-20(14)19-9)8-17-21(15(13)22)12-4-2-11(16)3-5-12/h2-8H,1H3. The number of hydrogen-bond acceptors (Lipinski definition) is 4. The van der Waals surface area contributed by atoms with Crippen molar-refractivity contribution in [1.29, 1.82) is 0 Å². The summed E-state index contributed by atoms with van der Waals surface area (Å²) in [5, 5.41) is 10.3. The summed E-state index contributed by atoms with van der Waals surface area (Å²) in [6.07, 6.45) is 3.42. The van der Waals surface area contributed by atoms with Gasteiger partial charge in [0.2, 0.25) is 0 Å². The van der Waals surface area contributed by atoms with Gasteiger partial charge in [-0.3, -0.25) is 4.79 Å². The zero-order valence-corrected chi connectivity index (χ0v) is 12.3. The quantitative estimate of drug-likeness (QED) is 0.541. The van der Waals surface area contributed by atoms with Crippen molar-refractivity contribution in [3.63, 3.8) is 0 Å². The van der Waals surface area contributed by atoms with E-state index in [1.165, 1.54) is 4.68 Å². The first-order valence-corrected chi connectivity index (χ1v) is 7.01. The molecule has 0 unspecified atom stereocenters. The van der Waals surface area contributed by atoms with Crippen LogP contribution in [0.1, 0.15) is 5.82 Å². The van der Waals surface area contributed by atoms with Gasteiger partial charge in [0.05, 0.1) is 17.3 Å². The molecule has 0 saturated carbocycles. The molecule has 1 aromatic carbocycles. The molecule has 6 nitrogen and oxygen atoms in total. The Morgan fingerprint density at radius 1 is 1.14 bits per heavy atom. The lowest BCUT2D eigenvalue weighted by atomic mass is 10.2. The molecule has 3 heterocycles. The van der Waals surface area contributed by atoms with E-state index in [0.29, 0.717) is 27.6 Å². The molecule has 22 heavy (non-hydrogen) atoms. The number of pyridine rings is 1. The van der Waals surface area contributed by atoms with Crippen LogP contribution in [0.2, 0.25) is 5.02 Å². The molecule has 0 amide bonds. The van der Waals surface area contributed by atoms with E-state index in [0.717, 1.165) is 5.39 Å². The van der Waals surface area contributed by atoms with E-state index < -0.39 is 0 Å². The van der Waals surface area contributed by atoms with Crippen LogP contribution in [0.4, 0.5) is 0 Å². The maximum absolute atomic E-state index is 12.8. The van der Waals surface area contributed by atoms with Gasteiger partial charge in [0.25, 0.3) is 5.56 Å². The van der Waals surface area contributed by atoms with Crippen LogP contribution >= 0.6 is 11.6 Å². The van der Waals surface area contributed by atoms with E-state index in [9.17, 15) is 4.79 Å². The van der Waals surface area contributed by atoms with Gasteiger partial charge in [-0.15, -0.1) is 0 Å². The second kappa shape index (κ2) is 4.64. The van der Waals surface area contributed by atoms with Gasteiger partial charge in [-0.05, 0) is 37.3 Å². The molecule has 0 aliphatic rings. The summed E-state index contributed by atoms with van der Waals surface area (Å²) in [6.45, 7) is 1.79. The predicted octanol–water partition coefficient (Wildman–Crippen LogP) is 2.39. The second-order valence-corrected chi connectivity index (χ2v) is 5.35. The summed E-state index contributed by atoms with van der Waals surface area (Å²) in [4.78, 5) is 17.2. The van der Waals surface area contributed by atoms with E-state index in [4.69, 9.17) is 11.6 Å². The number of hydrogen-bond donors (Lipinski definition) is 0. The highest BCUT2D eigenvalue weighted by atomic mass is 35.5. The van der Waals surface area contributed by atoms with Crippen molar-refractivity contribution >= 4 is 28.0 Å². The summed E-state index contributed by atoms with van der Waals surface area (Å²) in [7, 11) is 0. The van der Waals surface area contributed by atoms with Crippen molar-refractivity contribution in [3.8, 4) is 5.69 Å². The van der Waals surface area contributed by atoms with Crippen molar-refractivity contribution in [2.24, 2.45) is 0 Å². The van der Waals surface area contributed by atoms with Crippen molar-refractivity contribution in [2.75, 3.05) is 0 Å². The van der Waals surface area contributed by atoms with Gasteiger partial charge in [0.15, 0.2) is 5.65 Å². The molecule has 3 aromatic heterocycles. The Bertz CT molecular complexity index is 1070. The van der Waals surface area contributed by atoms with E-state index >= 15 is 0 Å². The largest absolute Gasteiger partial charge is 0.283 e. The zero-order chi connectivity index (χ0) is 15.3. The van der Waals surface area contributed by atoms with Crippen molar-refractivity contribution in [3.05, 3.63) is 63.9 Å². The summed E-state index contributed by atoms with van der Waals surface area (Å²) in [6, 6.07) is 8.74. The lowest BCUT2D eigenvalue weighted by Crippen LogP contribution is -2.21. The Balaban J connectivity index is 2.09. The molecule has 0 saturated heterocycles. The Morgan fingerprint density at radius 3 is 2.68 bits per heavy atom. The molecule has 0 spiro atoms. The van der Waals surface area contributed by atoms with Gasteiger partial charge in [-0.1, -0.05) is 11.6 Å². The van der Waals surface area contributed by atoms with E-state index in [1.807, 2.05) is 0 Å². The van der Waals surface area contributed by atoms with Crippen LogP contribution < -0.4 is 5.56 Å². The lowest BCUT2D eigenvalue weighted by molar-refractivity contribution is 0.820. The van der Waals surface area contributed by atoms with Gasteiger partial charge in [0.1, 0.15) is 5.82 Å². The fraction of sp³-hybridized carbons (Fsp3) is 0.0667. The van der Waals surface area contributed by atoms with Crippen LogP contribution in [-0.2, 0) is 0 Å². The molecule has 4 rings (SSSR count). The average molecular weight is 312 g/mol. The molecule has 0 atom stereocenters. The predicted molar refractivity (Wildman–Crippen MR) is 83.6 cm³/mol. The average Bonchev–Trinajstić information content (AvgIpc) is 2.89. The number of rotatable bonds is 1. The van der Waals surface area contributed by atoms with Gasteiger partial charge in [0, 0.05) is 16.6 Å². The third-order valence-corrected chi connectivity index (χ3v) is 3.69. The van der Waals surface area contributed by atoms with Crippen LogP contribution in [0.25, 0.3) is 22.1 Å². The van der Waals surface area contributed by atoms with Crippen LogP contribution in [0.3, 0.4) is 0 Å². The zero-order valence-electron chi connectivity index (χ0n) is 11.6. The molecule has 4 aromatic rings. The third-order valence-electron chi connectivity index (χ3n) is 3.43. The van der Waals surface area contributed by atoms with Crippen LogP contribution in [0.5, 0.6) is 0 Å². The highest BCUT2D eigenvalue weighted by molar-refractivity contribution is 6.30. The summed E-state index contributed by atoms with van der Waals surface area (Å²) < 4.78 is 2.94. The molecule has 108 valence electrons. The van der Waals surface area contributed by atoms with Gasteiger partial charge >= 0.3 is 0 Å². The minimum absolute atomic E-state index is 0.238. The SMILES string of the molecule is Cc1nc2c3c(=O)n(-c4ccc(Cl)cc4)ncc3ccn2n1. The van der Waals surface area contributed by atoms with Gasteiger partial charge in [-0.2, -0.15) is 14.9 Å². The molecule has 0 aliphatic heterocycles. The van der Waals surface area contributed by atoms with Crippen LogP contribution in [0, 0.1) is 6.92 Å². The number of halogens is 1. The molecule has 0 N–H and O–H groups in total. The molecule has 0 aliphatic carbocycles. The number of aryl methyl sites for hydroxylation is 1. The first kappa shape index (κ1) is 13.0. The summed E-state index contributed by atoms with van der Waals surface area (Å²) in [5.74, 6) is 0.613. The summed E-state index contributed by atoms with van der Waals surface area (Å²) in [5.41, 5.74) is 0.942. The highest BCUT2D eigenvalue weighted by Crippen LogP contribution is 2.16. The smallest absolute Gasteiger partial charge is 0.267 e. The Hall–Kier alpha value is -2.73. The Morgan fingerprint density at radius 2 is 1.91 bits per heavy atom. The molecule has 0 fully saturated rings. The van der Waals surface area contributed by atoms with E-state index in [2.05, 4.69) is 15.2 Å². The number of aromatic nitrogens is 5. The topological polar surface area (TPSA) is 65.1 Å². The molecule has 7 heteroatoms. The maximum Gasteiger partial charge on any atom is 0.283 e. The Labute approximate surface area is 129 Å². The van der Waals surface area contributed by atoms with Crippen molar-refractivity contribution in [2.45, 2.75) is 6.92 Å². The second-order valence-electron chi connectivity index (χ2n) is 4.91. The number of benzene rings is 1. The van der Waals surface area contributed by atoms with Crippen LogP contribution in [0.15, 0.2) is 47.5 Å². The Kier molecular flexibility index (Phi) is 2.74. The number of nitrogens with zero attached hydrogens (tertiary/aromatic N) is 5. The molecular weight excluding hydrogens is 302 g/mol. The maximum atomic E-state index is 12.8. The normalized spacial score (nSPS) is 11.4. The summed E-state index contributed by atoms with van der Waals surface area (Å²) >= 11 is 5.89. The molecule has 0 radical (unpaired) electrons. The van der Waals surface area contributed by atoms with Crippen molar-refractivity contribution < 1.29 is 0 Å². The minimum Gasteiger partial charge on any atom is -0.267 e. The first-order chi connectivity index (χ1) is 10.6. The third kappa shape index (κ3) is 1.88. The van der Waals surface area contributed by atoms with E-state index in [-0.39, 0.29) is 5.56 Å². The fourth-order valence-corrected chi connectivity index (χ4v) is 2.57. The monoisotopic (exact) mass is 311 g/mol. The van der Waals surface area contributed by atoms with Crippen molar-refractivity contribution in [1.82, 2.24) is 24.4 Å². The van der Waals surface area contributed by atoms with E-state index in [1.54, 1.807) is 54.2 Å². The van der Waals surface area contributed by atoms with Gasteiger partial charge < -0.3 is 0 Å². The fourth-order valence-electron chi connectivity index (χ4n) is 2.44. The number of fused-ring (bicyclic) bond motifs is 3. The highest BCUT2D eigenvalue weighted by Gasteiger charge is 2.12. The lowest BCUT2D eigenvalue weighted by Gasteiger charge is -2.06. The molecular formula is C15H10ClN5O. The molecule has 0 bridgehead atoms. The van der Waals surface area contributed by atoms with Gasteiger partial charge in [-0.25, -0.2) is 9.50 Å². The minimum atomic E-state index is -0.238. The first-order valence-electron chi connectivity index (χ1n) is 6.63.